The molecule has 1 aliphatic rings. The predicted molar refractivity (Wildman–Crippen MR) is 83.8 cm³/mol. The van der Waals surface area contributed by atoms with Gasteiger partial charge in [0.2, 0.25) is 0 Å². The first kappa shape index (κ1) is 14.2. The molecule has 5 heteroatoms. The summed E-state index contributed by atoms with van der Waals surface area (Å²) in [6.45, 7) is 7.70. The highest BCUT2D eigenvalue weighted by Gasteiger charge is 2.23. The molecule has 0 spiro atoms. The Bertz CT molecular complexity index is 563. The highest BCUT2D eigenvalue weighted by atomic mass is 15.2. The predicted octanol–water partition coefficient (Wildman–Crippen LogP) is 2.04. The Balaban J connectivity index is 1.61. The van der Waals surface area contributed by atoms with Crippen LogP contribution < -0.4 is 5.32 Å². The Morgan fingerprint density at radius 1 is 1.43 bits per heavy atom. The van der Waals surface area contributed by atoms with Crippen LogP contribution in [-0.4, -0.2) is 45.3 Å². The maximum atomic E-state index is 4.18. The maximum Gasteiger partial charge on any atom is 0.0710 e. The summed E-state index contributed by atoms with van der Waals surface area (Å²) in [7, 11) is 0. The van der Waals surface area contributed by atoms with Crippen molar-refractivity contribution in [2.45, 2.75) is 38.9 Å². The quantitative estimate of drug-likeness (QED) is 0.883. The topological polar surface area (TPSA) is 56.8 Å². The Morgan fingerprint density at radius 2 is 2.33 bits per heavy atom. The number of aromatic amines is 1. The standard InChI is InChI=1S/C16H23N5/c1-12(2)21-7-5-15(11-21)18-9-14-10-19-20-16(14)13-4-3-6-17-8-13/h3-4,6,8,10,12,15,18H,5,7,9,11H2,1-2H3,(H,19,20)/t15-/m0/s1. The van der Waals surface area contributed by atoms with Crippen molar-refractivity contribution in [3.63, 3.8) is 0 Å². The van der Waals surface area contributed by atoms with Crippen LogP contribution in [0.5, 0.6) is 0 Å². The van der Waals surface area contributed by atoms with Crippen molar-refractivity contribution >= 4 is 0 Å². The van der Waals surface area contributed by atoms with Gasteiger partial charge in [-0.3, -0.25) is 15.0 Å². The summed E-state index contributed by atoms with van der Waals surface area (Å²) in [5.74, 6) is 0. The zero-order valence-electron chi connectivity index (χ0n) is 12.7. The fourth-order valence-electron chi connectivity index (χ4n) is 2.88. The number of nitrogens with one attached hydrogen (secondary N) is 2. The van der Waals surface area contributed by atoms with Crippen LogP contribution in [0, 0.1) is 0 Å². The Morgan fingerprint density at radius 3 is 3.05 bits per heavy atom. The van der Waals surface area contributed by atoms with E-state index in [1.54, 1.807) is 6.20 Å². The summed E-state index contributed by atoms with van der Waals surface area (Å²) in [5.41, 5.74) is 3.35. The number of pyridine rings is 1. The van der Waals surface area contributed by atoms with E-state index in [-0.39, 0.29) is 0 Å². The second-order valence-electron chi connectivity index (χ2n) is 5.97. The van der Waals surface area contributed by atoms with Crippen molar-refractivity contribution < 1.29 is 0 Å². The average Bonchev–Trinajstić information content (AvgIpc) is 3.15. The lowest BCUT2D eigenvalue weighted by Gasteiger charge is -2.20. The average molecular weight is 285 g/mol. The molecule has 1 atom stereocenters. The molecule has 0 aromatic carbocycles. The van der Waals surface area contributed by atoms with E-state index in [0.29, 0.717) is 12.1 Å². The summed E-state index contributed by atoms with van der Waals surface area (Å²) in [5, 5.41) is 10.9. The van der Waals surface area contributed by atoms with E-state index in [1.165, 1.54) is 18.5 Å². The van der Waals surface area contributed by atoms with Gasteiger partial charge in [0.1, 0.15) is 0 Å². The molecule has 2 N–H and O–H groups in total. The summed E-state index contributed by atoms with van der Waals surface area (Å²) in [6.07, 6.45) is 6.78. The van der Waals surface area contributed by atoms with E-state index in [4.69, 9.17) is 0 Å². The van der Waals surface area contributed by atoms with Crippen molar-refractivity contribution in [1.82, 2.24) is 25.4 Å². The molecule has 0 bridgehead atoms. The number of hydrogen-bond donors (Lipinski definition) is 2. The van der Waals surface area contributed by atoms with Gasteiger partial charge in [0.05, 0.1) is 11.9 Å². The number of hydrogen-bond acceptors (Lipinski definition) is 4. The van der Waals surface area contributed by atoms with E-state index in [1.807, 2.05) is 18.5 Å². The van der Waals surface area contributed by atoms with Crippen molar-refractivity contribution in [3.8, 4) is 11.3 Å². The van der Waals surface area contributed by atoms with Gasteiger partial charge in [-0.2, -0.15) is 5.10 Å². The van der Waals surface area contributed by atoms with Crippen molar-refractivity contribution in [2.24, 2.45) is 0 Å². The summed E-state index contributed by atoms with van der Waals surface area (Å²) >= 11 is 0. The number of H-pyrrole nitrogens is 1. The van der Waals surface area contributed by atoms with Gasteiger partial charge < -0.3 is 5.32 Å². The van der Waals surface area contributed by atoms with Crippen LogP contribution in [0.25, 0.3) is 11.3 Å². The Labute approximate surface area is 125 Å². The lowest BCUT2D eigenvalue weighted by Crippen LogP contribution is -2.34. The van der Waals surface area contributed by atoms with Gasteiger partial charge >= 0.3 is 0 Å². The molecule has 0 amide bonds. The highest BCUT2D eigenvalue weighted by Crippen LogP contribution is 2.20. The van der Waals surface area contributed by atoms with Gasteiger partial charge in [0.15, 0.2) is 0 Å². The molecule has 0 saturated carbocycles. The van der Waals surface area contributed by atoms with Gasteiger partial charge in [-0.1, -0.05) is 0 Å². The molecule has 1 saturated heterocycles. The van der Waals surface area contributed by atoms with E-state index < -0.39 is 0 Å². The monoisotopic (exact) mass is 285 g/mol. The first-order chi connectivity index (χ1) is 10.2. The number of nitrogens with zero attached hydrogens (tertiary/aromatic N) is 3. The molecule has 3 heterocycles. The molecule has 21 heavy (non-hydrogen) atoms. The van der Waals surface area contributed by atoms with E-state index in [9.17, 15) is 0 Å². The van der Waals surface area contributed by atoms with Gasteiger partial charge in [-0.25, -0.2) is 0 Å². The summed E-state index contributed by atoms with van der Waals surface area (Å²) in [4.78, 5) is 6.70. The minimum atomic E-state index is 0.573. The van der Waals surface area contributed by atoms with Crippen molar-refractivity contribution in [1.29, 1.82) is 0 Å². The van der Waals surface area contributed by atoms with E-state index in [2.05, 4.69) is 45.3 Å². The van der Waals surface area contributed by atoms with Gasteiger partial charge in [-0.15, -0.1) is 0 Å². The summed E-state index contributed by atoms with van der Waals surface area (Å²) in [6, 6.07) is 5.21. The summed E-state index contributed by atoms with van der Waals surface area (Å²) < 4.78 is 0. The normalized spacial score (nSPS) is 19.5. The molecule has 0 aliphatic carbocycles. The zero-order chi connectivity index (χ0) is 14.7. The Hall–Kier alpha value is -1.72. The largest absolute Gasteiger partial charge is 0.308 e. The SMILES string of the molecule is CC(C)N1CC[C@H](NCc2cn[nH]c2-c2cccnc2)C1. The molecule has 0 unspecified atom stereocenters. The molecular formula is C16H23N5. The minimum absolute atomic E-state index is 0.573. The molecule has 2 aromatic rings. The van der Waals surface area contributed by atoms with Crippen LogP contribution in [0.2, 0.25) is 0 Å². The van der Waals surface area contributed by atoms with E-state index in [0.717, 1.165) is 24.3 Å². The lowest BCUT2D eigenvalue weighted by atomic mass is 10.1. The maximum absolute atomic E-state index is 4.18. The first-order valence-electron chi connectivity index (χ1n) is 7.64. The fraction of sp³-hybridized carbons (Fsp3) is 0.500. The second kappa shape index (κ2) is 6.37. The molecule has 0 radical (unpaired) electrons. The zero-order valence-corrected chi connectivity index (χ0v) is 12.7. The third kappa shape index (κ3) is 3.31. The van der Waals surface area contributed by atoms with Crippen LogP contribution in [0.15, 0.2) is 30.7 Å². The fourth-order valence-corrected chi connectivity index (χ4v) is 2.88. The van der Waals surface area contributed by atoms with Crippen LogP contribution in [-0.2, 0) is 6.54 Å². The third-order valence-electron chi connectivity index (χ3n) is 4.20. The van der Waals surface area contributed by atoms with Gasteiger partial charge in [-0.05, 0) is 38.9 Å². The van der Waals surface area contributed by atoms with Crippen LogP contribution >= 0.6 is 0 Å². The number of rotatable bonds is 5. The highest BCUT2D eigenvalue weighted by molar-refractivity contribution is 5.61. The van der Waals surface area contributed by atoms with E-state index >= 15 is 0 Å². The van der Waals surface area contributed by atoms with Crippen molar-refractivity contribution in [3.05, 3.63) is 36.3 Å². The lowest BCUT2D eigenvalue weighted by molar-refractivity contribution is 0.268. The van der Waals surface area contributed by atoms with Crippen LogP contribution in [0.4, 0.5) is 0 Å². The van der Waals surface area contributed by atoms with Crippen molar-refractivity contribution in [2.75, 3.05) is 13.1 Å². The number of likely N-dealkylation sites (tertiary alicyclic amines) is 1. The molecule has 112 valence electrons. The second-order valence-corrected chi connectivity index (χ2v) is 5.97. The van der Waals surface area contributed by atoms with Crippen LogP contribution in [0.1, 0.15) is 25.8 Å². The molecule has 3 rings (SSSR count). The first-order valence-corrected chi connectivity index (χ1v) is 7.64. The third-order valence-corrected chi connectivity index (χ3v) is 4.20. The molecular weight excluding hydrogens is 262 g/mol. The van der Waals surface area contributed by atoms with Gasteiger partial charge in [0, 0.05) is 48.7 Å². The molecule has 2 aromatic heterocycles. The minimum Gasteiger partial charge on any atom is -0.308 e. The van der Waals surface area contributed by atoms with Gasteiger partial charge in [0.25, 0.3) is 0 Å². The molecule has 5 nitrogen and oxygen atoms in total. The molecule has 1 aliphatic heterocycles. The molecule has 1 fully saturated rings. The Kier molecular flexibility index (Phi) is 4.31. The number of aromatic nitrogens is 3. The smallest absolute Gasteiger partial charge is 0.0710 e. The van der Waals surface area contributed by atoms with Crippen LogP contribution in [0.3, 0.4) is 0 Å².